The van der Waals surface area contributed by atoms with Crippen molar-refractivity contribution in [3.63, 3.8) is 0 Å². The van der Waals surface area contributed by atoms with Gasteiger partial charge in [0.25, 0.3) is 0 Å². The van der Waals surface area contributed by atoms with Gasteiger partial charge in [0.1, 0.15) is 6.61 Å². The van der Waals surface area contributed by atoms with Crippen LogP contribution in [0, 0.1) is 0 Å². The minimum atomic E-state index is -4.40. The first-order valence-electron chi connectivity index (χ1n) is 29.4. The Kier molecular flexibility index (Phi) is 54.7. The van der Waals surface area contributed by atoms with E-state index in [0.29, 0.717) is 6.42 Å². The van der Waals surface area contributed by atoms with Crippen LogP contribution in [0.4, 0.5) is 0 Å². The monoisotopic (exact) mass is 1020 g/mol. The summed E-state index contributed by atoms with van der Waals surface area (Å²) in [4.78, 5) is 35.1. The Morgan fingerprint density at radius 2 is 0.775 bits per heavy atom. The maximum absolute atomic E-state index is 12.7. The first kappa shape index (κ1) is 68.5. The van der Waals surface area contributed by atoms with Crippen LogP contribution in [0.2, 0.25) is 0 Å². The van der Waals surface area contributed by atoms with Crippen LogP contribution >= 0.6 is 7.82 Å². The van der Waals surface area contributed by atoms with E-state index in [1.165, 1.54) is 167 Å². The van der Waals surface area contributed by atoms with Crippen molar-refractivity contribution in [2.24, 2.45) is 5.73 Å². The van der Waals surface area contributed by atoms with E-state index < -0.39 is 26.5 Å². The molecule has 0 radical (unpaired) electrons. The minimum Gasteiger partial charge on any atom is -0.462 e. The van der Waals surface area contributed by atoms with Crippen molar-refractivity contribution in [3.8, 4) is 0 Å². The summed E-state index contributed by atoms with van der Waals surface area (Å²) in [6.45, 7) is 3.61. The molecule has 0 aromatic rings. The highest BCUT2D eigenvalue weighted by atomic mass is 31.2. The van der Waals surface area contributed by atoms with Crippen molar-refractivity contribution in [3.05, 3.63) is 72.9 Å². The van der Waals surface area contributed by atoms with Crippen molar-refractivity contribution in [1.29, 1.82) is 0 Å². The van der Waals surface area contributed by atoms with Crippen molar-refractivity contribution < 1.29 is 37.6 Å². The van der Waals surface area contributed by atoms with Crippen LogP contribution in [0.1, 0.15) is 271 Å². The molecule has 0 saturated heterocycles. The molecule has 0 rings (SSSR count). The Morgan fingerprint density at radius 1 is 0.437 bits per heavy atom. The van der Waals surface area contributed by atoms with E-state index in [1.54, 1.807) is 0 Å². The quantitative estimate of drug-likeness (QED) is 0.0264. The second kappa shape index (κ2) is 56.7. The molecule has 412 valence electrons. The van der Waals surface area contributed by atoms with E-state index in [9.17, 15) is 19.0 Å². The second-order valence-corrected chi connectivity index (χ2v) is 20.9. The average Bonchev–Trinajstić information content (AvgIpc) is 3.36. The lowest BCUT2D eigenvalue weighted by Crippen LogP contribution is -2.29. The van der Waals surface area contributed by atoms with Gasteiger partial charge in [-0.1, -0.05) is 247 Å². The smallest absolute Gasteiger partial charge is 0.462 e. The predicted octanol–water partition coefficient (Wildman–Crippen LogP) is 18.5. The molecule has 0 fully saturated rings. The molecule has 0 saturated carbocycles. The van der Waals surface area contributed by atoms with E-state index in [-0.39, 0.29) is 38.6 Å². The molecule has 0 aliphatic carbocycles. The van der Waals surface area contributed by atoms with Crippen molar-refractivity contribution in [2.75, 3.05) is 26.4 Å². The number of phosphoric acid groups is 1. The first-order valence-corrected chi connectivity index (χ1v) is 30.9. The number of hydrogen-bond donors (Lipinski definition) is 2. The molecule has 2 unspecified atom stereocenters. The zero-order valence-corrected chi connectivity index (χ0v) is 46.8. The Labute approximate surface area is 437 Å². The van der Waals surface area contributed by atoms with E-state index in [1.807, 2.05) is 0 Å². The van der Waals surface area contributed by atoms with Gasteiger partial charge < -0.3 is 20.1 Å². The van der Waals surface area contributed by atoms with Crippen LogP contribution in [-0.2, 0) is 32.7 Å². The number of allylic oxidation sites excluding steroid dienone is 12. The standard InChI is InChI=1S/C61H110NO8P/c1-3-5-7-9-11-13-15-17-19-21-23-24-25-26-27-28-29-30-31-32-33-34-36-37-39-41-43-45-47-49-51-53-60(63)67-57-59(58-69-71(65,66)68-56-55-62)70-61(64)54-52-50-48-46-44-42-40-38-35-22-20-18-16-14-12-10-8-6-4-2/h6,8,12,14,18,20-21,23,35,38,42,44,59H,3-5,7,9-11,13,15-17,19,22,24-34,36-37,39-41,43,45-58,62H2,1-2H3,(H,65,66)/b8-6-,14-12-,20-18-,23-21-,38-35-,44-42-. The highest BCUT2D eigenvalue weighted by Crippen LogP contribution is 2.43. The van der Waals surface area contributed by atoms with Crippen LogP contribution in [0.15, 0.2) is 72.9 Å². The summed E-state index contributed by atoms with van der Waals surface area (Å²) in [7, 11) is -4.40. The average molecular weight is 1020 g/mol. The third kappa shape index (κ3) is 56.6. The fraction of sp³-hybridized carbons (Fsp3) is 0.770. The number of unbranched alkanes of at least 4 members (excludes halogenated alkanes) is 30. The first-order chi connectivity index (χ1) is 34.8. The maximum Gasteiger partial charge on any atom is 0.472 e. The zero-order chi connectivity index (χ0) is 51.7. The van der Waals surface area contributed by atoms with Crippen LogP contribution in [-0.4, -0.2) is 49.3 Å². The molecule has 3 N–H and O–H groups in total. The number of rotatable bonds is 55. The molecule has 0 amide bonds. The molecule has 0 aliphatic heterocycles. The SMILES string of the molecule is CC/C=C\C/C=C\C/C=C\C/C=C\C/C=C\CCCCCC(=O)OC(COC(=O)CCCCCCCCCCCCCCCCCCCCC/C=C\CCCCCCCCCC)COP(=O)(O)OCCN. The molecule has 0 heterocycles. The Morgan fingerprint density at radius 3 is 1.18 bits per heavy atom. The molecule has 0 spiro atoms. The molecule has 0 aliphatic rings. The van der Waals surface area contributed by atoms with Crippen molar-refractivity contribution >= 4 is 19.8 Å². The Hall–Kier alpha value is -2.55. The lowest BCUT2D eigenvalue weighted by Gasteiger charge is -2.19. The van der Waals surface area contributed by atoms with Crippen LogP contribution in [0.25, 0.3) is 0 Å². The van der Waals surface area contributed by atoms with Gasteiger partial charge in [-0.05, 0) is 83.5 Å². The number of carbonyl (C=O) groups is 2. The lowest BCUT2D eigenvalue weighted by atomic mass is 10.0. The summed E-state index contributed by atoms with van der Waals surface area (Å²) in [6, 6.07) is 0. The summed E-state index contributed by atoms with van der Waals surface area (Å²) in [6.07, 6.45) is 72.6. The number of hydrogen-bond acceptors (Lipinski definition) is 8. The summed E-state index contributed by atoms with van der Waals surface area (Å²) in [5.74, 6) is -0.860. The maximum atomic E-state index is 12.7. The van der Waals surface area contributed by atoms with Gasteiger partial charge in [0.05, 0.1) is 13.2 Å². The molecule has 2 atom stereocenters. The normalized spacial score (nSPS) is 13.6. The number of phosphoric ester groups is 1. The van der Waals surface area contributed by atoms with Crippen LogP contribution in [0.5, 0.6) is 0 Å². The van der Waals surface area contributed by atoms with Gasteiger partial charge in [-0.2, -0.15) is 0 Å². The lowest BCUT2D eigenvalue weighted by molar-refractivity contribution is -0.161. The molecular formula is C61H110NO8P. The number of esters is 2. The highest BCUT2D eigenvalue weighted by molar-refractivity contribution is 7.47. The van der Waals surface area contributed by atoms with E-state index in [4.69, 9.17) is 24.3 Å². The molecular weight excluding hydrogens is 906 g/mol. The highest BCUT2D eigenvalue weighted by Gasteiger charge is 2.26. The van der Waals surface area contributed by atoms with Crippen LogP contribution < -0.4 is 5.73 Å². The predicted molar refractivity (Wildman–Crippen MR) is 302 cm³/mol. The number of nitrogens with two attached hydrogens (primary N) is 1. The Bertz CT molecular complexity index is 1390. The van der Waals surface area contributed by atoms with Crippen molar-refractivity contribution in [1.82, 2.24) is 0 Å². The Balaban J connectivity index is 3.93. The van der Waals surface area contributed by atoms with Gasteiger partial charge in [-0.15, -0.1) is 0 Å². The van der Waals surface area contributed by atoms with Gasteiger partial charge in [-0.25, -0.2) is 4.57 Å². The molecule has 10 heteroatoms. The molecule has 0 aromatic heterocycles. The summed E-state index contributed by atoms with van der Waals surface area (Å²) < 4.78 is 33.0. The van der Waals surface area contributed by atoms with Gasteiger partial charge in [0, 0.05) is 19.4 Å². The van der Waals surface area contributed by atoms with Gasteiger partial charge in [-0.3, -0.25) is 18.6 Å². The van der Waals surface area contributed by atoms with Gasteiger partial charge in [0.2, 0.25) is 0 Å². The minimum absolute atomic E-state index is 0.0454. The van der Waals surface area contributed by atoms with E-state index in [2.05, 4.69) is 86.8 Å². The summed E-state index contributed by atoms with van der Waals surface area (Å²) in [5, 5.41) is 0. The number of carbonyl (C=O) groups excluding carboxylic acids is 2. The fourth-order valence-electron chi connectivity index (χ4n) is 8.25. The van der Waals surface area contributed by atoms with Gasteiger partial charge >= 0.3 is 19.8 Å². The molecule has 0 aromatic carbocycles. The number of ether oxygens (including phenoxy) is 2. The summed E-state index contributed by atoms with van der Waals surface area (Å²) >= 11 is 0. The van der Waals surface area contributed by atoms with Crippen LogP contribution in [0.3, 0.4) is 0 Å². The third-order valence-electron chi connectivity index (χ3n) is 12.6. The van der Waals surface area contributed by atoms with Crippen molar-refractivity contribution in [2.45, 2.75) is 277 Å². The largest absolute Gasteiger partial charge is 0.472 e. The molecule has 71 heavy (non-hydrogen) atoms. The molecule has 9 nitrogen and oxygen atoms in total. The molecule has 0 bridgehead atoms. The van der Waals surface area contributed by atoms with E-state index in [0.717, 1.165) is 70.6 Å². The second-order valence-electron chi connectivity index (χ2n) is 19.5. The third-order valence-corrected chi connectivity index (χ3v) is 13.6. The summed E-state index contributed by atoms with van der Waals surface area (Å²) in [5.41, 5.74) is 5.38. The zero-order valence-electron chi connectivity index (χ0n) is 45.9. The van der Waals surface area contributed by atoms with Gasteiger partial charge in [0.15, 0.2) is 6.10 Å². The topological polar surface area (TPSA) is 134 Å². The van der Waals surface area contributed by atoms with E-state index >= 15 is 0 Å². The fourth-order valence-corrected chi connectivity index (χ4v) is 9.01.